The van der Waals surface area contributed by atoms with Gasteiger partial charge < -0.3 is 0 Å². The van der Waals surface area contributed by atoms with Crippen molar-refractivity contribution in [1.29, 1.82) is 0 Å². The largest absolute Gasteiger partial charge is 0.184 e. The first kappa shape index (κ1) is 24.5. The van der Waals surface area contributed by atoms with Gasteiger partial charge in [0.25, 0.3) is 0 Å². The van der Waals surface area contributed by atoms with E-state index in [0.717, 1.165) is 12.8 Å². The van der Waals surface area contributed by atoms with Crippen LogP contribution in [0.4, 0.5) is 0 Å². The number of benzene rings is 2. The zero-order valence-electron chi connectivity index (χ0n) is 15.5. The van der Waals surface area contributed by atoms with Gasteiger partial charge in [0, 0.05) is 0 Å². The van der Waals surface area contributed by atoms with Crippen LogP contribution in [0.2, 0.25) is 0 Å². The number of rotatable bonds is 0. The van der Waals surface area contributed by atoms with Gasteiger partial charge in [-0.05, 0) is 0 Å². The van der Waals surface area contributed by atoms with E-state index in [1.54, 1.807) is 0 Å². The van der Waals surface area contributed by atoms with E-state index in [-0.39, 0.29) is 0 Å². The molecule has 2 aromatic carbocycles. The minimum Gasteiger partial charge on any atom is -0.184 e. The average Bonchev–Trinajstić information content (AvgIpc) is 3.41. The van der Waals surface area contributed by atoms with E-state index >= 15 is 0 Å². The van der Waals surface area contributed by atoms with Gasteiger partial charge >= 0.3 is 30.2 Å². The van der Waals surface area contributed by atoms with Crippen molar-refractivity contribution in [3.63, 3.8) is 0 Å². The predicted molar refractivity (Wildman–Crippen MR) is 109 cm³/mol. The fourth-order valence-corrected chi connectivity index (χ4v) is 1.71. The summed E-state index contributed by atoms with van der Waals surface area (Å²) in [6.07, 6.45) is 16.7. The molecule has 2 radical (unpaired) electrons. The second kappa shape index (κ2) is 19.8. The molecule has 0 heterocycles. The molecule has 0 unspecified atom stereocenters. The fourth-order valence-electron chi connectivity index (χ4n) is 1.71. The minimum absolute atomic E-state index is 1.02. The molecule has 132 valence electrons. The van der Waals surface area contributed by atoms with Crippen LogP contribution in [-0.4, -0.2) is 6.88 Å². The van der Waals surface area contributed by atoms with Crippen molar-refractivity contribution in [3.05, 3.63) is 120 Å². The van der Waals surface area contributed by atoms with Crippen LogP contribution in [0.3, 0.4) is 0 Å². The maximum absolute atomic E-state index is 3.12. The van der Waals surface area contributed by atoms with Gasteiger partial charge in [0.05, 0.1) is 0 Å². The molecular formula is C24H24SiZr-4. The Hall–Kier alpha value is -1.50. The molecule has 26 heavy (non-hydrogen) atoms. The van der Waals surface area contributed by atoms with Crippen LogP contribution in [0, 0.1) is 24.3 Å². The number of hydrogen-bond acceptors (Lipinski definition) is 0. The van der Waals surface area contributed by atoms with Gasteiger partial charge in [-0.3, -0.25) is 12.2 Å². The normalized spacial score (nSPS) is 12.3. The molecule has 0 aliphatic heterocycles. The van der Waals surface area contributed by atoms with Crippen molar-refractivity contribution in [2.45, 2.75) is 26.7 Å². The van der Waals surface area contributed by atoms with Gasteiger partial charge in [0.2, 0.25) is 0 Å². The van der Waals surface area contributed by atoms with E-state index in [1.807, 2.05) is 60.7 Å². The molecule has 0 spiro atoms. The third kappa shape index (κ3) is 17.3. The molecular weight excluding hydrogens is 408 g/mol. The Morgan fingerprint density at radius 3 is 1.08 bits per heavy atom. The molecule has 4 rings (SSSR count). The predicted octanol–water partition coefficient (Wildman–Crippen LogP) is 5.98. The summed E-state index contributed by atoms with van der Waals surface area (Å²) in [5.74, 6) is 0. The van der Waals surface area contributed by atoms with E-state index in [4.69, 9.17) is 0 Å². The first-order chi connectivity index (χ1) is 12.8. The Kier molecular flexibility index (Phi) is 18.7. The molecule has 2 aromatic rings. The summed E-state index contributed by atoms with van der Waals surface area (Å²) in [4.78, 5) is 0. The van der Waals surface area contributed by atoms with Crippen molar-refractivity contribution < 1.29 is 23.3 Å². The second-order valence-corrected chi connectivity index (χ2v) is 5.09. The monoisotopic (exact) mass is 430 g/mol. The first-order valence-corrected chi connectivity index (χ1v) is 12.5. The van der Waals surface area contributed by atoms with Crippen LogP contribution < -0.4 is 0 Å². The summed E-state index contributed by atoms with van der Waals surface area (Å²) in [6, 6.07) is 25.0. The summed E-state index contributed by atoms with van der Waals surface area (Å²) in [5.41, 5.74) is 2.55. The molecule has 0 amide bonds. The Labute approximate surface area is 176 Å². The third-order valence-electron chi connectivity index (χ3n) is 2.95. The van der Waals surface area contributed by atoms with Crippen LogP contribution in [0.25, 0.3) is 0 Å². The summed E-state index contributed by atoms with van der Waals surface area (Å²) in [6.45, 7) is 7.18. The molecule has 0 atom stereocenters. The summed E-state index contributed by atoms with van der Waals surface area (Å²) >= 11 is 1.36. The van der Waals surface area contributed by atoms with Crippen molar-refractivity contribution in [3.8, 4) is 0 Å². The van der Waals surface area contributed by atoms with Crippen molar-refractivity contribution in [1.82, 2.24) is 0 Å². The molecule has 0 aromatic heterocycles. The second-order valence-electron chi connectivity index (χ2n) is 5.09. The Morgan fingerprint density at radius 2 is 1.00 bits per heavy atom. The molecule has 0 N–H and O–H groups in total. The molecule has 0 fully saturated rings. The third-order valence-corrected chi connectivity index (χ3v) is 2.95. The standard InChI is InChI=1S/2C6H7.2C6H5.Si.Zr/c2*1-6-4-2-3-5-6;2*1-2-4-6-5-3-1;;/h2*2,4H,3H2,1H3;2*1-5H;;/q4*-1;;. The Morgan fingerprint density at radius 1 is 0.654 bits per heavy atom. The zero-order chi connectivity index (χ0) is 19.3. The Bertz CT molecular complexity index is 537. The maximum atomic E-state index is 3.12. The molecule has 0 saturated carbocycles. The van der Waals surface area contributed by atoms with Crippen LogP contribution in [0.1, 0.15) is 26.7 Å². The van der Waals surface area contributed by atoms with Crippen LogP contribution in [0.5, 0.6) is 0 Å². The zero-order valence-corrected chi connectivity index (χ0v) is 19.0. The first-order valence-electron chi connectivity index (χ1n) is 8.34. The average molecular weight is 432 g/mol. The molecule has 0 nitrogen and oxygen atoms in total. The van der Waals surface area contributed by atoms with Crippen LogP contribution >= 0.6 is 0 Å². The van der Waals surface area contributed by atoms with Crippen molar-refractivity contribution in [2.24, 2.45) is 0 Å². The van der Waals surface area contributed by atoms with Gasteiger partial charge in [-0.15, -0.1) is 12.8 Å². The molecule has 2 heteroatoms. The molecule has 0 saturated heterocycles. The Balaban J connectivity index is 0.000000310. The van der Waals surface area contributed by atoms with E-state index < -0.39 is 0 Å². The van der Waals surface area contributed by atoms with Gasteiger partial charge in [0.15, 0.2) is 0 Å². The summed E-state index contributed by atoms with van der Waals surface area (Å²) in [7, 11) is 0. The summed E-state index contributed by atoms with van der Waals surface area (Å²) in [5, 5.41) is 0. The number of hydrogen-bond donors (Lipinski definition) is 0. The number of allylic oxidation sites excluding steroid dienone is 8. The van der Waals surface area contributed by atoms with Gasteiger partial charge in [-0.25, -0.2) is 23.3 Å². The topological polar surface area (TPSA) is 0 Å². The molecule has 2 aliphatic rings. The van der Waals surface area contributed by atoms with Crippen LogP contribution in [-0.2, 0) is 23.3 Å². The SMILES string of the molecule is CC1=[C-]CC=C1.CC1=[C-]CC=C1.[Si]=[Zr].[c-]1ccccc1.[c-]1ccccc1. The minimum atomic E-state index is 1.02. The molecule has 2 aliphatic carbocycles. The quantitative estimate of drug-likeness (QED) is 0.355. The van der Waals surface area contributed by atoms with Gasteiger partial charge in [0.1, 0.15) is 0 Å². The van der Waals surface area contributed by atoms with Crippen molar-refractivity contribution >= 4 is 6.88 Å². The van der Waals surface area contributed by atoms with Crippen molar-refractivity contribution in [2.75, 3.05) is 0 Å². The van der Waals surface area contributed by atoms with Crippen LogP contribution in [0.15, 0.2) is 96.1 Å². The van der Waals surface area contributed by atoms with Gasteiger partial charge in [-0.2, -0.15) is 84.9 Å². The maximum Gasteiger partial charge on any atom is -0.171 e. The fraction of sp³-hybridized carbons (Fsp3) is 0.167. The van der Waals surface area contributed by atoms with Gasteiger partial charge in [-0.1, -0.05) is 13.8 Å². The van der Waals surface area contributed by atoms with E-state index in [9.17, 15) is 0 Å². The van der Waals surface area contributed by atoms with E-state index in [2.05, 4.69) is 69.3 Å². The van der Waals surface area contributed by atoms with E-state index in [1.165, 1.54) is 34.5 Å². The summed E-state index contributed by atoms with van der Waals surface area (Å²) < 4.78 is 0. The molecule has 0 bridgehead atoms. The smallest absolute Gasteiger partial charge is 0.171 e. The van der Waals surface area contributed by atoms with E-state index in [0.29, 0.717) is 0 Å².